The highest BCUT2D eigenvalue weighted by atomic mass is 16.6. The van der Waals surface area contributed by atoms with Crippen molar-refractivity contribution in [2.75, 3.05) is 36.4 Å². The Labute approximate surface area is 161 Å². The Balaban J connectivity index is 1.40. The minimum absolute atomic E-state index is 0.0232. The Morgan fingerprint density at radius 3 is 2.39 bits per heavy atom. The van der Waals surface area contributed by atoms with Crippen LogP contribution in [0.5, 0.6) is 0 Å². The predicted molar refractivity (Wildman–Crippen MR) is 105 cm³/mol. The van der Waals surface area contributed by atoms with Crippen LogP contribution in [0.2, 0.25) is 0 Å². The largest absolute Gasteiger partial charge is 0.368 e. The van der Waals surface area contributed by atoms with Gasteiger partial charge in [-0.1, -0.05) is 0 Å². The molecular formula is C20H20N4O4. The molecule has 2 aromatic rings. The van der Waals surface area contributed by atoms with E-state index in [1.165, 1.54) is 24.3 Å². The third-order valence-electron chi connectivity index (χ3n) is 5.24. The van der Waals surface area contributed by atoms with E-state index in [1.807, 2.05) is 12.1 Å². The molecule has 0 aromatic heterocycles. The minimum Gasteiger partial charge on any atom is -0.368 e. The van der Waals surface area contributed by atoms with Crippen molar-refractivity contribution in [3.05, 3.63) is 63.7 Å². The molecule has 0 aliphatic carbocycles. The van der Waals surface area contributed by atoms with Crippen molar-refractivity contribution in [1.82, 2.24) is 4.90 Å². The fourth-order valence-corrected chi connectivity index (χ4v) is 3.64. The summed E-state index contributed by atoms with van der Waals surface area (Å²) >= 11 is 0. The first-order valence-electron chi connectivity index (χ1n) is 9.23. The van der Waals surface area contributed by atoms with Gasteiger partial charge in [0, 0.05) is 61.7 Å². The Morgan fingerprint density at radius 1 is 1.00 bits per heavy atom. The average Bonchev–Trinajstić information content (AvgIpc) is 2.73. The van der Waals surface area contributed by atoms with Gasteiger partial charge in [-0.3, -0.25) is 19.7 Å². The Morgan fingerprint density at radius 2 is 1.71 bits per heavy atom. The number of benzene rings is 2. The highest BCUT2D eigenvalue weighted by Gasteiger charge is 2.24. The molecule has 0 saturated carbocycles. The summed E-state index contributed by atoms with van der Waals surface area (Å²) in [6, 6.07) is 11.8. The summed E-state index contributed by atoms with van der Waals surface area (Å²) in [6.45, 7) is 2.60. The monoisotopic (exact) mass is 380 g/mol. The zero-order valence-electron chi connectivity index (χ0n) is 15.3. The van der Waals surface area contributed by atoms with Crippen LogP contribution in [0.15, 0.2) is 42.5 Å². The molecule has 1 saturated heterocycles. The van der Waals surface area contributed by atoms with Crippen molar-refractivity contribution < 1.29 is 14.5 Å². The lowest BCUT2D eigenvalue weighted by atomic mass is 10.0. The summed E-state index contributed by atoms with van der Waals surface area (Å²) in [4.78, 5) is 38.4. The van der Waals surface area contributed by atoms with Crippen LogP contribution in [0.1, 0.15) is 22.3 Å². The van der Waals surface area contributed by atoms with Crippen molar-refractivity contribution in [2.45, 2.75) is 12.8 Å². The van der Waals surface area contributed by atoms with E-state index >= 15 is 0 Å². The molecule has 2 aliphatic rings. The molecule has 1 fully saturated rings. The van der Waals surface area contributed by atoms with Gasteiger partial charge in [-0.15, -0.1) is 0 Å². The molecule has 4 rings (SSSR count). The number of fused-ring (bicyclic) bond motifs is 1. The van der Waals surface area contributed by atoms with Crippen LogP contribution in [0.25, 0.3) is 0 Å². The van der Waals surface area contributed by atoms with E-state index in [4.69, 9.17) is 0 Å². The number of rotatable bonds is 3. The lowest BCUT2D eigenvalue weighted by Gasteiger charge is -2.36. The normalized spacial score (nSPS) is 16.4. The summed E-state index contributed by atoms with van der Waals surface area (Å²) in [5.74, 6) is -0.0543. The Bertz CT molecular complexity index is 934. The number of anilines is 2. The maximum Gasteiger partial charge on any atom is 0.269 e. The van der Waals surface area contributed by atoms with Crippen molar-refractivity contribution >= 4 is 28.9 Å². The fraction of sp³-hybridized carbons (Fsp3) is 0.300. The molecule has 8 nitrogen and oxygen atoms in total. The molecule has 0 radical (unpaired) electrons. The average molecular weight is 380 g/mol. The summed E-state index contributed by atoms with van der Waals surface area (Å²) < 4.78 is 0. The van der Waals surface area contributed by atoms with Gasteiger partial charge >= 0.3 is 0 Å². The molecule has 28 heavy (non-hydrogen) atoms. The standard InChI is InChI=1S/C20H20N4O4/c25-19-8-3-15-13-17(6-7-18(15)21-19)22-9-11-23(12-10-22)20(26)14-1-4-16(5-2-14)24(27)28/h1-2,4-7,13H,3,8-12H2,(H,21,25). The lowest BCUT2D eigenvalue weighted by Crippen LogP contribution is -2.48. The number of piperazine rings is 1. The molecule has 0 unspecified atom stereocenters. The maximum absolute atomic E-state index is 12.6. The van der Waals surface area contributed by atoms with Gasteiger partial charge in [-0.25, -0.2) is 0 Å². The molecule has 1 N–H and O–H groups in total. The summed E-state index contributed by atoms with van der Waals surface area (Å²) in [5, 5.41) is 13.6. The minimum atomic E-state index is -0.475. The van der Waals surface area contributed by atoms with Crippen LogP contribution >= 0.6 is 0 Å². The van der Waals surface area contributed by atoms with E-state index in [1.54, 1.807) is 4.90 Å². The van der Waals surface area contributed by atoms with Crippen LogP contribution in [0, 0.1) is 10.1 Å². The second-order valence-electron chi connectivity index (χ2n) is 6.97. The first-order chi connectivity index (χ1) is 13.5. The molecular weight excluding hydrogens is 360 g/mol. The first kappa shape index (κ1) is 18.0. The number of amides is 2. The number of carbonyl (C=O) groups is 2. The smallest absolute Gasteiger partial charge is 0.269 e. The molecule has 2 amide bonds. The van der Waals surface area contributed by atoms with Crippen LogP contribution in [0.3, 0.4) is 0 Å². The molecule has 0 atom stereocenters. The quantitative estimate of drug-likeness (QED) is 0.652. The molecule has 2 aromatic carbocycles. The van der Waals surface area contributed by atoms with Crippen LogP contribution < -0.4 is 10.2 Å². The van der Waals surface area contributed by atoms with Crippen molar-refractivity contribution in [1.29, 1.82) is 0 Å². The maximum atomic E-state index is 12.6. The molecule has 8 heteroatoms. The molecule has 0 spiro atoms. The molecule has 0 bridgehead atoms. The second-order valence-corrected chi connectivity index (χ2v) is 6.97. The van der Waals surface area contributed by atoms with E-state index in [-0.39, 0.29) is 17.5 Å². The third kappa shape index (κ3) is 3.53. The number of nitrogens with one attached hydrogen (secondary N) is 1. The molecule has 2 heterocycles. The van der Waals surface area contributed by atoms with E-state index in [2.05, 4.69) is 16.3 Å². The predicted octanol–water partition coefficient (Wildman–Crippen LogP) is 2.44. The van der Waals surface area contributed by atoms with Gasteiger partial charge in [0.1, 0.15) is 0 Å². The fourth-order valence-electron chi connectivity index (χ4n) is 3.64. The van der Waals surface area contributed by atoms with Gasteiger partial charge in [-0.2, -0.15) is 0 Å². The zero-order chi connectivity index (χ0) is 19.7. The van der Waals surface area contributed by atoms with Gasteiger partial charge in [0.15, 0.2) is 0 Å². The highest BCUT2D eigenvalue weighted by Crippen LogP contribution is 2.28. The van der Waals surface area contributed by atoms with Crippen LogP contribution in [-0.2, 0) is 11.2 Å². The number of aryl methyl sites for hydroxylation is 1. The first-order valence-corrected chi connectivity index (χ1v) is 9.23. The van der Waals surface area contributed by atoms with Gasteiger partial charge in [-0.05, 0) is 42.3 Å². The molecule has 144 valence electrons. The lowest BCUT2D eigenvalue weighted by molar-refractivity contribution is -0.384. The third-order valence-corrected chi connectivity index (χ3v) is 5.24. The van der Waals surface area contributed by atoms with Crippen molar-refractivity contribution in [3.8, 4) is 0 Å². The van der Waals surface area contributed by atoms with Crippen molar-refractivity contribution in [3.63, 3.8) is 0 Å². The van der Waals surface area contributed by atoms with Crippen molar-refractivity contribution in [2.24, 2.45) is 0 Å². The number of nitrogens with zero attached hydrogens (tertiary/aromatic N) is 3. The number of hydrogen-bond acceptors (Lipinski definition) is 5. The second kappa shape index (κ2) is 7.30. The number of nitro groups is 1. The van der Waals surface area contributed by atoms with E-state index in [0.717, 1.165) is 23.4 Å². The van der Waals surface area contributed by atoms with Crippen LogP contribution in [-0.4, -0.2) is 47.8 Å². The van der Waals surface area contributed by atoms with Gasteiger partial charge < -0.3 is 15.1 Å². The Hall–Kier alpha value is -3.42. The van der Waals surface area contributed by atoms with Gasteiger partial charge in [0.05, 0.1) is 4.92 Å². The number of hydrogen-bond donors (Lipinski definition) is 1. The Kier molecular flexibility index (Phi) is 4.68. The number of carbonyl (C=O) groups excluding carboxylic acids is 2. The van der Waals surface area contributed by atoms with E-state index in [0.29, 0.717) is 38.2 Å². The molecule has 2 aliphatic heterocycles. The zero-order valence-corrected chi connectivity index (χ0v) is 15.3. The van der Waals surface area contributed by atoms with Gasteiger partial charge in [0.25, 0.3) is 11.6 Å². The number of non-ortho nitro benzene ring substituents is 1. The SMILES string of the molecule is O=C1CCc2cc(N3CCN(C(=O)c4ccc([N+](=O)[O-])cc4)CC3)ccc2N1. The van der Waals surface area contributed by atoms with E-state index < -0.39 is 4.92 Å². The summed E-state index contributed by atoms with van der Waals surface area (Å²) in [5.41, 5.74) is 3.55. The summed E-state index contributed by atoms with van der Waals surface area (Å²) in [7, 11) is 0. The van der Waals surface area contributed by atoms with Crippen LogP contribution in [0.4, 0.5) is 17.1 Å². The van der Waals surface area contributed by atoms with E-state index in [9.17, 15) is 19.7 Å². The highest BCUT2D eigenvalue weighted by molar-refractivity contribution is 5.95. The van der Waals surface area contributed by atoms with Gasteiger partial charge in [0.2, 0.25) is 5.91 Å². The number of nitro benzene ring substituents is 1. The topological polar surface area (TPSA) is 95.8 Å². The summed E-state index contributed by atoms with van der Waals surface area (Å²) in [6.07, 6.45) is 1.25.